The van der Waals surface area contributed by atoms with Gasteiger partial charge in [-0.05, 0) is 44.9 Å². The third-order valence-corrected chi connectivity index (χ3v) is 4.03. The molecule has 2 unspecified atom stereocenters. The van der Waals surface area contributed by atoms with E-state index in [2.05, 4.69) is 48.0 Å². The zero-order valence-corrected chi connectivity index (χ0v) is 11.2. The van der Waals surface area contributed by atoms with E-state index < -0.39 is 0 Å². The second kappa shape index (κ2) is 4.73. The van der Waals surface area contributed by atoms with Gasteiger partial charge in [-0.2, -0.15) is 0 Å². The van der Waals surface area contributed by atoms with Crippen LogP contribution in [0.4, 0.5) is 0 Å². The van der Waals surface area contributed by atoms with E-state index in [1.807, 2.05) is 0 Å². The summed E-state index contributed by atoms with van der Waals surface area (Å²) >= 11 is 0. The fourth-order valence-electron chi connectivity index (χ4n) is 2.86. The number of imidazole rings is 1. The molecule has 1 aliphatic heterocycles. The Bertz CT molecular complexity index is 538. The van der Waals surface area contributed by atoms with Crippen molar-refractivity contribution in [2.45, 2.75) is 45.2 Å². The summed E-state index contributed by atoms with van der Waals surface area (Å²) in [4.78, 5) is 4.86. The van der Waals surface area contributed by atoms with Gasteiger partial charge in [0, 0.05) is 6.04 Å². The molecule has 0 amide bonds. The topological polar surface area (TPSA) is 29.9 Å². The lowest BCUT2D eigenvalue weighted by Gasteiger charge is -2.19. The molecule has 0 bridgehead atoms. The maximum absolute atomic E-state index is 4.86. The predicted octanol–water partition coefficient (Wildman–Crippen LogP) is 3.43. The van der Waals surface area contributed by atoms with Gasteiger partial charge in [0.2, 0.25) is 0 Å². The Labute approximate surface area is 108 Å². The zero-order valence-electron chi connectivity index (χ0n) is 11.2. The Morgan fingerprint density at radius 2 is 2.28 bits per heavy atom. The average molecular weight is 243 g/mol. The van der Waals surface area contributed by atoms with Gasteiger partial charge in [0.15, 0.2) is 0 Å². The zero-order chi connectivity index (χ0) is 12.5. The summed E-state index contributed by atoms with van der Waals surface area (Å²) in [7, 11) is 0. The number of aromatic nitrogens is 2. The Morgan fingerprint density at radius 1 is 1.44 bits per heavy atom. The van der Waals surface area contributed by atoms with E-state index in [0.717, 1.165) is 18.5 Å². The van der Waals surface area contributed by atoms with Gasteiger partial charge in [-0.25, -0.2) is 4.98 Å². The highest BCUT2D eigenvalue weighted by atomic mass is 15.1. The number of nitrogens with zero attached hydrogens (tertiary/aromatic N) is 2. The first kappa shape index (κ1) is 11.7. The molecule has 1 fully saturated rings. The molecule has 1 N–H and O–H groups in total. The Balaban J connectivity index is 2.16. The van der Waals surface area contributed by atoms with Crippen molar-refractivity contribution in [2.75, 3.05) is 6.54 Å². The van der Waals surface area contributed by atoms with Crippen LogP contribution in [0.15, 0.2) is 24.3 Å². The van der Waals surface area contributed by atoms with Crippen LogP contribution in [0.1, 0.15) is 51.0 Å². The summed E-state index contributed by atoms with van der Waals surface area (Å²) in [5.74, 6) is 1.23. The smallest absolute Gasteiger partial charge is 0.127 e. The van der Waals surface area contributed by atoms with Crippen molar-refractivity contribution >= 4 is 11.0 Å². The maximum Gasteiger partial charge on any atom is 0.127 e. The van der Waals surface area contributed by atoms with Crippen LogP contribution < -0.4 is 5.32 Å². The van der Waals surface area contributed by atoms with E-state index in [0.29, 0.717) is 12.1 Å². The second-order valence-corrected chi connectivity index (χ2v) is 5.23. The van der Waals surface area contributed by atoms with Gasteiger partial charge in [-0.1, -0.05) is 19.1 Å². The van der Waals surface area contributed by atoms with E-state index in [1.54, 1.807) is 0 Å². The molecular formula is C15H21N3. The van der Waals surface area contributed by atoms with Gasteiger partial charge in [0.1, 0.15) is 5.82 Å². The third-order valence-electron chi connectivity index (χ3n) is 4.03. The van der Waals surface area contributed by atoms with Crippen LogP contribution in [0, 0.1) is 0 Å². The van der Waals surface area contributed by atoms with Gasteiger partial charge in [0.25, 0.3) is 0 Å². The fraction of sp³-hybridized carbons (Fsp3) is 0.533. The number of benzene rings is 1. The van der Waals surface area contributed by atoms with E-state index in [9.17, 15) is 0 Å². The molecule has 1 aromatic carbocycles. The quantitative estimate of drug-likeness (QED) is 0.895. The summed E-state index contributed by atoms with van der Waals surface area (Å²) in [6.07, 6.45) is 3.61. The molecule has 3 nitrogen and oxygen atoms in total. The van der Waals surface area contributed by atoms with Crippen LogP contribution in [0.5, 0.6) is 0 Å². The third kappa shape index (κ3) is 1.83. The molecule has 0 radical (unpaired) electrons. The molecule has 1 aromatic heterocycles. The van der Waals surface area contributed by atoms with Crippen molar-refractivity contribution in [3.05, 3.63) is 30.1 Å². The molecule has 3 rings (SSSR count). The Kier molecular flexibility index (Phi) is 3.08. The van der Waals surface area contributed by atoms with Crippen LogP contribution in [-0.4, -0.2) is 16.1 Å². The predicted molar refractivity (Wildman–Crippen MR) is 74.7 cm³/mol. The summed E-state index contributed by atoms with van der Waals surface area (Å²) in [6, 6.07) is 9.43. The lowest BCUT2D eigenvalue weighted by Crippen LogP contribution is -2.19. The first-order chi connectivity index (χ1) is 8.81. The molecule has 96 valence electrons. The van der Waals surface area contributed by atoms with E-state index in [-0.39, 0.29) is 0 Å². The highest BCUT2D eigenvalue weighted by Crippen LogP contribution is 2.30. The normalized spacial score (nSPS) is 21.6. The van der Waals surface area contributed by atoms with E-state index >= 15 is 0 Å². The van der Waals surface area contributed by atoms with Crippen LogP contribution in [-0.2, 0) is 0 Å². The van der Waals surface area contributed by atoms with E-state index in [4.69, 9.17) is 4.98 Å². The second-order valence-electron chi connectivity index (χ2n) is 5.23. The highest BCUT2D eigenvalue weighted by Gasteiger charge is 2.24. The molecule has 2 atom stereocenters. The van der Waals surface area contributed by atoms with Gasteiger partial charge in [-0.15, -0.1) is 0 Å². The van der Waals surface area contributed by atoms with Gasteiger partial charge in [-0.3, -0.25) is 0 Å². The largest absolute Gasteiger partial charge is 0.324 e. The molecule has 1 saturated heterocycles. The number of para-hydroxylation sites is 2. The van der Waals surface area contributed by atoms with Gasteiger partial charge < -0.3 is 9.88 Å². The lowest BCUT2D eigenvalue weighted by atomic mass is 10.2. The van der Waals surface area contributed by atoms with Crippen molar-refractivity contribution in [2.24, 2.45) is 0 Å². The summed E-state index contributed by atoms with van der Waals surface area (Å²) in [6.45, 7) is 5.65. The molecule has 0 aliphatic carbocycles. The molecular weight excluding hydrogens is 222 g/mol. The number of hydrogen-bond acceptors (Lipinski definition) is 2. The first-order valence-electron chi connectivity index (χ1n) is 7.01. The van der Waals surface area contributed by atoms with Crippen molar-refractivity contribution < 1.29 is 0 Å². The van der Waals surface area contributed by atoms with Crippen LogP contribution in [0.25, 0.3) is 11.0 Å². The highest BCUT2D eigenvalue weighted by molar-refractivity contribution is 5.76. The van der Waals surface area contributed by atoms with Crippen molar-refractivity contribution in [3.8, 4) is 0 Å². The number of fused-ring (bicyclic) bond motifs is 1. The van der Waals surface area contributed by atoms with E-state index in [1.165, 1.54) is 24.2 Å². The molecule has 1 aliphatic rings. The van der Waals surface area contributed by atoms with Gasteiger partial charge in [0.05, 0.1) is 17.1 Å². The molecule has 3 heteroatoms. The van der Waals surface area contributed by atoms with Crippen molar-refractivity contribution in [1.82, 2.24) is 14.9 Å². The monoisotopic (exact) mass is 243 g/mol. The van der Waals surface area contributed by atoms with Crippen LogP contribution in [0.2, 0.25) is 0 Å². The van der Waals surface area contributed by atoms with Gasteiger partial charge >= 0.3 is 0 Å². The molecule has 2 aromatic rings. The minimum Gasteiger partial charge on any atom is -0.324 e. The number of nitrogens with one attached hydrogen (secondary N) is 1. The maximum atomic E-state index is 4.86. The Morgan fingerprint density at radius 3 is 3.00 bits per heavy atom. The van der Waals surface area contributed by atoms with Crippen molar-refractivity contribution in [3.63, 3.8) is 0 Å². The standard InChI is InChI=1S/C15H21N3/c1-3-11(2)18-14-9-5-4-7-12(14)17-15(18)13-8-6-10-16-13/h4-5,7,9,11,13,16H,3,6,8,10H2,1-2H3. The fourth-order valence-corrected chi connectivity index (χ4v) is 2.86. The van der Waals surface area contributed by atoms with Crippen LogP contribution in [0.3, 0.4) is 0 Å². The molecule has 0 saturated carbocycles. The first-order valence-corrected chi connectivity index (χ1v) is 7.01. The summed E-state index contributed by atoms with van der Waals surface area (Å²) < 4.78 is 2.43. The molecule has 0 spiro atoms. The van der Waals surface area contributed by atoms with Crippen molar-refractivity contribution in [1.29, 1.82) is 0 Å². The Hall–Kier alpha value is -1.35. The lowest BCUT2D eigenvalue weighted by molar-refractivity contribution is 0.482. The minimum absolute atomic E-state index is 0.436. The average Bonchev–Trinajstić information content (AvgIpc) is 3.04. The SMILES string of the molecule is CCC(C)n1c(C2CCCN2)nc2ccccc21. The van der Waals surface area contributed by atoms with Crippen LogP contribution >= 0.6 is 0 Å². The number of hydrogen-bond donors (Lipinski definition) is 1. The molecule has 2 heterocycles. The number of rotatable bonds is 3. The summed E-state index contributed by atoms with van der Waals surface area (Å²) in [5.41, 5.74) is 2.40. The summed E-state index contributed by atoms with van der Waals surface area (Å²) in [5, 5.41) is 3.57. The molecule has 18 heavy (non-hydrogen) atoms. The minimum atomic E-state index is 0.436.